The molecule has 0 saturated heterocycles. The minimum absolute atomic E-state index is 0.0549. The maximum atomic E-state index is 12.4. The van der Waals surface area contributed by atoms with Crippen molar-refractivity contribution in [1.82, 2.24) is 4.98 Å². The molecule has 268 valence electrons. The molecule has 23 heteroatoms. The molecule has 0 atom stereocenters. The average Bonchev–Trinajstić information content (AvgIpc) is 3.43. The fraction of sp³-hybridized carbons (Fsp3) is 0.143. The number of nitrogens with two attached hydrogens (primary N) is 1. The van der Waals surface area contributed by atoms with Gasteiger partial charge in [0, 0.05) is 16.8 Å². The van der Waals surface area contributed by atoms with Crippen molar-refractivity contribution in [2.24, 2.45) is 20.5 Å². The lowest BCUT2D eigenvalue weighted by molar-refractivity contribution is 0.0697. The first-order valence-corrected chi connectivity index (χ1v) is 19.3. The second-order valence-corrected chi connectivity index (χ2v) is 15.9. The monoisotopic (exact) mass is 780 g/mol. The third kappa shape index (κ3) is 8.42. The third-order valence-corrected chi connectivity index (χ3v) is 10.5. The average molecular weight is 781 g/mol. The molecule has 0 spiro atoms. The van der Waals surface area contributed by atoms with Crippen molar-refractivity contribution in [3.05, 3.63) is 59.7 Å². The van der Waals surface area contributed by atoms with E-state index in [0.717, 1.165) is 23.5 Å². The zero-order chi connectivity index (χ0) is 37.5. The molecule has 19 nitrogen and oxygen atoms in total. The van der Waals surface area contributed by atoms with Crippen LogP contribution in [-0.4, -0.2) is 72.4 Å². The lowest BCUT2D eigenvalue weighted by Crippen LogP contribution is -2.08. The standard InChI is InChI=1S/C28H24N6O13S4/c1-13-9-20(32-33-24-23(50(41,42)43)11-16-15(25(24)35)4-5-17(29)26(16)51(44,45)46)21(47-7-2-8-49(38,39)40)12-19(13)31-34-28-30-18-6-3-14(27(36)37)10-22(18)48-28/h3-6,9-12,35H,2,7-8,29H2,1H3,(H,36,37)(H,38,39,40)(H,41,42,43)(H,44,45,46). The van der Waals surface area contributed by atoms with Gasteiger partial charge in [0.2, 0.25) is 5.13 Å². The quantitative estimate of drug-likeness (QED) is 0.0381. The van der Waals surface area contributed by atoms with E-state index < -0.39 is 74.4 Å². The number of carboxylic acids is 1. The molecular formula is C28H24N6O13S4. The zero-order valence-electron chi connectivity index (χ0n) is 25.7. The summed E-state index contributed by atoms with van der Waals surface area (Å²) in [6, 6.07) is 9.78. The normalized spacial score (nSPS) is 12.8. The Balaban J connectivity index is 1.59. The van der Waals surface area contributed by atoms with Crippen molar-refractivity contribution in [3.63, 3.8) is 0 Å². The van der Waals surface area contributed by atoms with E-state index in [1.807, 2.05) is 0 Å². The molecule has 0 fully saturated rings. The van der Waals surface area contributed by atoms with Gasteiger partial charge in [0.15, 0.2) is 5.75 Å². The molecule has 0 bridgehead atoms. The fourth-order valence-electron chi connectivity index (χ4n) is 4.67. The van der Waals surface area contributed by atoms with E-state index in [1.165, 1.54) is 30.3 Å². The van der Waals surface area contributed by atoms with E-state index >= 15 is 0 Å². The molecule has 0 amide bonds. The number of phenols is 1. The van der Waals surface area contributed by atoms with Gasteiger partial charge in [0.25, 0.3) is 30.4 Å². The Morgan fingerprint density at radius 3 is 2.24 bits per heavy atom. The minimum Gasteiger partial charge on any atom is -0.505 e. The van der Waals surface area contributed by atoms with Crippen LogP contribution < -0.4 is 10.5 Å². The summed E-state index contributed by atoms with van der Waals surface area (Å²) >= 11 is 1.07. The van der Waals surface area contributed by atoms with Crippen LogP contribution in [0.3, 0.4) is 0 Å². The fourth-order valence-corrected chi connectivity index (χ4v) is 7.44. The number of benzene rings is 4. The summed E-state index contributed by atoms with van der Waals surface area (Å²) in [7, 11) is -14.6. The predicted octanol–water partition coefficient (Wildman–Crippen LogP) is 5.72. The van der Waals surface area contributed by atoms with Crippen molar-refractivity contribution in [2.75, 3.05) is 18.1 Å². The molecule has 0 unspecified atom stereocenters. The number of ether oxygens (including phenoxy) is 1. The van der Waals surface area contributed by atoms with Gasteiger partial charge < -0.3 is 20.7 Å². The van der Waals surface area contributed by atoms with Gasteiger partial charge >= 0.3 is 5.97 Å². The SMILES string of the molecule is Cc1cc(N=Nc2c(S(=O)(=O)O)cc3c(S(=O)(=O)O)c(N)ccc3c2O)c(OCCCS(=O)(=O)O)cc1N=Nc1nc2ccc(C(=O)O)cc2s1. The number of aromatic nitrogens is 1. The summed E-state index contributed by atoms with van der Waals surface area (Å²) < 4.78 is 106. The highest BCUT2D eigenvalue weighted by molar-refractivity contribution is 7.86. The summed E-state index contributed by atoms with van der Waals surface area (Å²) in [5.74, 6) is -2.84. The van der Waals surface area contributed by atoms with Crippen molar-refractivity contribution < 1.29 is 58.7 Å². The Bertz CT molecular complexity index is 2640. The van der Waals surface area contributed by atoms with Gasteiger partial charge in [-0.05, 0) is 61.4 Å². The lowest BCUT2D eigenvalue weighted by Gasteiger charge is -2.13. The van der Waals surface area contributed by atoms with Crippen LogP contribution in [0.2, 0.25) is 0 Å². The summed E-state index contributed by atoms with van der Waals surface area (Å²) in [6.45, 7) is 1.29. The van der Waals surface area contributed by atoms with Gasteiger partial charge in [0.1, 0.15) is 26.9 Å². The molecule has 1 heterocycles. The number of anilines is 1. The molecule has 0 radical (unpaired) electrons. The first-order chi connectivity index (χ1) is 23.7. The van der Waals surface area contributed by atoms with E-state index in [0.29, 0.717) is 21.8 Å². The topological polar surface area (TPSA) is 318 Å². The van der Waals surface area contributed by atoms with E-state index in [1.54, 1.807) is 6.92 Å². The van der Waals surface area contributed by atoms with Crippen LogP contribution >= 0.6 is 11.3 Å². The van der Waals surface area contributed by atoms with Crippen LogP contribution in [0.4, 0.5) is 27.9 Å². The van der Waals surface area contributed by atoms with Gasteiger partial charge in [0.05, 0.1) is 39.5 Å². The molecule has 0 aliphatic carbocycles. The van der Waals surface area contributed by atoms with E-state index in [9.17, 15) is 49.4 Å². The Labute approximate surface area is 292 Å². The number of hydrogen-bond acceptors (Lipinski definition) is 16. The van der Waals surface area contributed by atoms with Gasteiger partial charge in [-0.1, -0.05) is 11.3 Å². The van der Waals surface area contributed by atoms with Crippen LogP contribution in [-0.2, 0) is 30.4 Å². The Hall–Kier alpha value is -5.17. The minimum atomic E-state index is -5.24. The highest BCUT2D eigenvalue weighted by Gasteiger charge is 2.27. The molecule has 5 rings (SSSR count). The number of nitrogen functional groups attached to an aromatic ring is 1. The number of nitrogens with zero attached hydrogens (tertiary/aromatic N) is 5. The molecule has 0 aliphatic heterocycles. The van der Waals surface area contributed by atoms with Gasteiger partial charge in [-0.15, -0.1) is 20.5 Å². The van der Waals surface area contributed by atoms with Gasteiger partial charge in [-0.2, -0.15) is 25.3 Å². The van der Waals surface area contributed by atoms with Crippen molar-refractivity contribution >= 4 is 96.5 Å². The van der Waals surface area contributed by atoms with Crippen molar-refractivity contribution in [3.8, 4) is 11.5 Å². The lowest BCUT2D eigenvalue weighted by atomic mass is 10.1. The number of rotatable bonds is 12. The number of fused-ring (bicyclic) bond motifs is 2. The van der Waals surface area contributed by atoms with Crippen LogP contribution in [0.25, 0.3) is 21.0 Å². The van der Waals surface area contributed by atoms with Crippen molar-refractivity contribution in [1.29, 1.82) is 0 Å². The molecular weight excluding hydrogens is 757 g/mol. The summed E-state index contributed by atoms with van der Waals surface area (Å²) in [5, 5.41) is 35.7. The maximum Gasteiger partial charge on any atom is 0.335 e. The number of thiazole rings is 1. The molecule has 4 aromatic carbocycles. The summed E-state index contributed by atoms with van der Waals surface area (Å²) in [6.07, 6.45) is -0.179. The number of carboxylic acid groups (broad SMARTS) is 1. The highest BCUT2D eigenvalue weighted by Crippen LogP contribution is 2.45. The number of aromatic hydroxyl groups is 1. The number of aryl methyl sites for hydroxylation is 1. The predicted molar refractivity (Wildman–Crippen MR) is 182 cm³/mol. The van der Waals surface area contributed by atoms with Gasteiger partial charge in [-0.3, -0.25) is 13.7 Å². The Morgan fingerprint density at radius 1 is 0.882 bits per heavy atom. The third-order valence-electron chi connectivity index (χ3n) is 6.96. The van der Waals surface area contributed by atoms with Crippen LogP contribution in [0, 0.1) is 6.92 Å². The van der Waals surface area contributed by atoms with Crippen molar-refractivity contribution in [2.45, 2.75) is 23.1 Å². The molecule has 5 aromatic rings. The highest BCUT2D eigenvalue weighted by atomic mass is 32.2. The second kappa shape index (κ2) is 13.9. The van der Waals surface area contributed by atoms with Crippen LogP contribution in [0.1, 0.15) is 22.3 Å². The maximum absolute atomic E-state index is 12.4. The molecule has 1 aromatic heterocycles. The van der Waals surface area contributed by atoms with Gasteiger partial charge in [-0.25, -0.2) is 9.78 Å². The first-order valence-electron chi connectivity index (χ1n) is 14.0. The summed E-state index contributed by atoms with van der Waals surface area (Å²) in [5.41, 5.74) is 5.34. The number of azo groups is 2. The number of carbonyl (C=O) groups is 1. The van der Waals surface area contributed by atoms with E-state index in [2.05, 4.69) is 25.4 Å². The first kappa shape index (κ1) is 37.1. The molecule has 7 N–H and O–H groups in total. The van der Waals surface area contributed by atoms with E-state index in [4.69, 9.17) is 15.0 Å². The summed E-state index contributed by atoms with van der Waals surface area (Å²) in [4.78, 5) is 13.6. The van der Waals surface area contributed by atoms with Crippen LogP contribution in [0.15, 0.2) is 78.8 Å². The molecule has 0 aliphatic rings. The Morgan fingerprint density at radius 2 is 1.59 bits per heavy atom. The number of aromatic carboxylic acids is 1. The number of hydrogen-bond donors (Lipinski definition) is 6. The van der Waals surface area contributed by atoms with Crippen LogP contribution in [0.5, 0.6) is 11.5 Å². The van der Waals surface area contributed by atoms with E-state index in [-0.39, 0.29) is 46.2 Å². The number of phenolic OH excluding ortho intramolecular Hbond substituents is 1. The molecule has 51 heavy (non-hydrogen) atoms. The Kier molecular flexibility index (Phi) is 10.1. The smallest absolute Gasteiger partial charge is 0.335 e. The second-order valence-electron chi connectivity index (χ2n) is 10.6. The largest absolute Gasteiger partial charge is 0.505 e. The molecule has 0 saturated carbocycles. The zero-order valence-corrected chi connectivity index (χ0v) is 29.0.